The molecular weight excluding hydrogens is 226 g/mol. The predicted octanol–water partition coefficient (Wildman–Crippen LogP) is 0.598. The second-order valence-electron chi connectivity index (χ2n) is 4.55. The topological polar surface area (TPSA) is 82.0 Å². The Balaban J connectivity index is 3.71. The first-order chi connectivity index (χ1) is 7.27. The van der Waals surface area contributed by atoms with E-state index in [0.717, 1.165) is 25.6 Å². The number of nitrogens with one attached hydrogen (secondary N) is 2. The third-order valence-corrected chi connectivity index (χ3v) is 2.84. The first kappa shape index (κ1) is 15.4. The van der Waals surface area contributed by atoms with Gasteiger partial charge in [0, 0.05) is 18.5 Å². The fourth-order valence-electron chi connectivity index (χ4n) is 1.39. The van der Waals surface area contributed by atoms with Gasteiger partial charge in [0.05, 0.1) is 12.3 Å². The van der Waals surface area contributed by atoms with Gasteiger partial charge >= 0.3 is 0 Å². The van der Waals surface area contributed by atoms with E-state index >= 15 is 0 Å². The van der Waals surface area contributed by atoms with Crippen molar-refractivity contribution < 1.29 is 8.42 Å². The molecule has 94 valence electrons. The van der Waals surface area contributed by atoms with Crippen LogP contribution in [-0.4, -0.2) is 33.3 Å². The Morgan fingerprint density at radius 1 is 1.31 bits per heavy atom. The van der Waals surface area contributed by atoms with Gasteiger partial charge in [0.25, 0.3) is 0 Å². The summed E-state index contributed by atoms with van der Waals surface area (Å²) in [5, 5.41) is 11.5. The second-order valence-corrected chi connectivity index (χ2v) is 6.30. The summed E-state index contributed by atoms with van der Waals surface area (Å²) in [5.41, 5.74) is -0.483. The first-order valence-corrected chi connectivity index (χ1v) is 7.22. The molecular formula is C10H21N3O2S. The van der Waals surface area contributed by atoms with Gasteiger partial charge in [-0.1, -0.05) is 0 Å². The third kappa shape index (κ3) is 9.90. The summed E-state index contributed by atoms with van der Waals surface area (Å²) < 4.78 is 24.6. The molecule has 0 aliphatic carbocycles. The fourth-order valence-corrected chi connectivity index (χ4v) is 2.47. The van der Waals surface area contributed by atoms with Crippen molar-refractivity contribution in [2.24, 2.45) is 0 Å². The van der Waals surface area contributed by atoms with Gasteiger partial charge in [-0.2, -0.15) is 5.26 Å². The molecule has 0 atom stereocenters. The van der Waals surface area contributed by atoms with Gasteiger partial charge < -0.3 is 5.32 Å². The quantitative estimate of drug-likeness (QED) is 0.615. The Hall–Kier alpha value is -0.640. The molecule has 0 aromatic heterocycles. The standard InChI is InChI=1S/C10H21N3O2S/c1-10(2,13-16(3,14)15)9-12-8-6-4-5-7-11/h12-13H,4-6,8-9H2,1-3H3. The molecule has 5 nitrogen and oxygen atoms in total. The van der Waals surface area contributed by atoms with Crippen LogP contribution in [0, 0.1) is 11.3 Å². The summed E-state index contributed by atoms with van der Waals surface area (Å²) in [5.74, 6) is 0. The summed E-state index contributed by atoms with van der Waals surface area (Å²) in [4.78, 5) is 0. The van der Waals surface area contributed by atoms with Crippen LogP contribution in [0.15, 0.2) is 0 Å². The molecule has 0 aliphatic heterocycles. The van der Waals surface area contributed by atoms with E-state index in [0.29, 0.717) is 13.0 Å². The average Bonchev–Trinajstić information content (AvgIpc) is 2.06. The van der Waals surface area contributed by atoms with Gasteiger partial charge in [0.1, 0.15) is 0 Å². The minimum Gasteiger partial charge on any atom is -0.315 e. The van der Waals surface area contributed by atoms with Crippen LogP contribution in [0.3, 0.4) is 0 Å². The molecule has 0 unspecified atom stereocenters. The lowest BCUT2D eigenvalue weighted by molar-refractivity contribution is 0.419. The van der Waals surface area contributed by atoms with Gasteiger partial charge in [-0.15, -0.1) is 0 Å². The first-order valence-electron chi connectivity index (χ1n) is 5.33. The zero-order valence-electron chi connectivity index (χ0n) is 10.2. The minimum absolute atomic E-state index is 0.483. The van der Waals surface area contributed by atoms with Gasteiger partial charge in [-0.3, -0.25) is 0 Å². The van der Waals surface area contributed by atoms with E-state index in [4.69, 9.17) is 5.26 Å². The normalized spacial score (nSPS) is 12.4. The monoisotopic (exact) mass is 247 g/mol. The lowest BCUT2D eigenvalue weighted by Gasteiger charge is -2.25. The zero-order chi connectivity index (χ0) is 12.7. The van der Waals surface area contributed by atoms with Crippen LogP contribution >= 0.6 is 0 Å². The molecule has 2 N–H and O–H groups in total. The highest BCUT2D eigenvalue weighted by atomic mass is 32.2. The Morgan fingerprint density at radius 2 is 1.94 bits per heavy atom. The Bertz CT molecular complexity index is 330. The average molecular weight is 247 g/mol. The molecule has 0 fully saturated rings. The third-order valence-electron chi connectivity index (χ3n) is 1.92. The van der Waals surface area contributed by atoms with Crippen LogP contribution in [0.2, 0.25) is 0 Å². The molecule has 0 radical (unpaired) electrons. The molecule has 0 saturated carbocycles. The number of hydrogen-bond donors (Lipinski definition) is 2. The van der Waals surface area contributed by atoms with Crippen LogP contribution in [0.4, 0.5) is 0 Å². The number of hydrogen-bond acceptors (Lipinski definition) is 4. The van der Waals surface area contributed by atoms with E-state index in [2.05, 4.69) is 16.1 Å². The maximum absolute atomic E-state index is 11.0. The van der Waals surface area contributed by atoms with E-state index in [-0.39, 0.29) is 0 Å². The van der Waals surface area contributed by atoms with E-state index in [9.17, 15) is 8.42 Å². The molecule has 0 spiro atoms. The van der Waals surface area contributed by atoms with Gasteiger partial charge in [-0.05, 0) is 33.2 Å². The van der Waals surface area contributed by atoms with Crippen molar-refractivity contribution >= 4 is 10.0 Å². The summed E-state index contributed by atoms with van der Waals surface area (Å²) in [6.45, 7) is 5.04. The van der Waals surface area contributed by atoms with Crippen LogP contribution < -0.4 is 10.0 Å². The highest BCUT2D eigenvalue weighted by molar-refractivity contribution is 7.88. The molecule has 0 aromatic rings. The van der Waals surface area contributed by atoms with Crippen molar-refractivity contribution in [2.75, 3.05) is 19.3 Å². The lowest BCUT2D eigenvalue weighted by atomic mass is 10.1. The number of rotatable bonds is 8. The van der Waals surface area contributed by atoms with E-state index in [1.807, 2.05) is 13.8 Å². The Kier molecular flexibility index (Phi) is 6.56. The summed E-state index contributed by atoms with van der Waals surface area (Å²) in [6, 6.07) is 2.09. The number of sulfonamides is 1. The van der Waals surface area contributed by atoms with Gasteiger partial charge in [0.15, 0.2) is 0 Å². The molecule has 0 aliphatic rings. The maximum atomic E-state index is 11.0. The Labute approximate surface area is 98.3 Å². The van der Waals surface area contributed by atoms with Crippen molar-refractivity contribution in [1.29, 1.82) is 5.26 Å². The molecule has 0 aromatic carbocycles. The highest BCUT2D eigenvalue weighted by Gasteiger charge is 2.21. The zero-order valence-corrected chi connectivity index (χ0v) is 11.0. The number of nitriles is 1. The number of unbranched alkanes of at least 4 members (excludes halogenated alkanes) is 2. The van der Waals surface area contributed by atoms with Crippen LogP contribution in [0.5, 0.6) is 0 Å². The van der Waals surface area contributed by atoms with Crippen molar-refractivity contribution in [3.63, 3.8) is 0 Å². The molecule has 6 heteroatoms. The van der Waals surface area contributed by atoms with Crippen molar-refractivity contribution in [3.8, 4) is 6.07 Å². The van der Waals surface area contributed by atoms with Gasteiger partial charge in [0.2, 0.25) is 10.0 Å². The van der Waals surface area contributed by atoms with Gasteiger partial charge in [-0.25, -0.2) is 13.1 Å². The second kappa shape index (κ2) is 6.84. The highest BCUT2D eigenvalue weighted by Crippen LogP contribution is 2.02. The smallest absolute Gasteiger partial charge is 0.209 e. The molecule has 16 heavy (non-hydrogen) atoms. The fraction of sp³-hybridized carbons (Fsp3) is 0.900. The largest absolute Gasteiger partial charge is 0.315 e. The van der Waals surface area contributed by atoms with Crippen molar-refractivity contribution in [3.05, 3.63) is 0 Å². The number of nitrogens with zero attached hydrogens (tertiary/aromatic N) is 1. The van der Waals surface area contributed by atoms with E-state index < -0.39 is 15.6 Å². The van der Waals surface area contributed by atoms with Crippen molar-refractivity contribution in [1.82, 2.24) is 10.0 Å². The van der Waals surface area contributed by atoms with E-state index in [1.54, 1.807) is 0 Å². The van der Waals surface area contributed by atoms with Crippen LogP contribution in [0.25, 0.3) is 0 Å². The lowest BCUT2D eigenvalue weighted by Crippen LogP contribution is -2.50. The van der Waals surface area contributed by atoms with E-state index in [1.165, 1.54) is 0 Å². The minimum atomic E-state index is -3.17. The van der Waals surface area contributed by atoms with Crippen molar-refractivity contribution in [2.45, 2.75) is 38.6 Å². The predicted molar refractivity (Wildman–Crippen MR) is 64.4 cm³/mol. The molecule has 0 rings (SSSR count). The van der Waals surface area contributed by atoms with Crippen LogP contribution in [-0.2, 0) is 10.0 Å². The summed E-state index contributed by atoms with van der Waals surface area (Å²) in [6.07, 6.45) is 3.54. The van der Waals surface area contributed by atoms with Crippen LogP contribution in [0.1, 0.15) is 33.1 Å². The molecule has 0 heterocycles. The SMILES string of the molecule is CC(C)(CNCCCCC#N)NS(C)(=O)=O. The summed E-state index contributed by atoms with van der Waals surface area (Å²) >= 11 is 0. The molecule has 0 saturated heterocycles. The molecule has 0 bridgehead atoms. The summed E-state index contributed by atoms with van der Waals surface area (Å²) in [7, 11) is -3.17. The molecule has 0 amide bonds. The maximum Gasteiger partial charge on any atom is 0.209 e. The Morgan fingerprint density at radius 3 is 2.44 bits per heavy atom.